The Morgan fingerprint density at radius 2 is 1.48 bits per heavy atom. The van der Waals surface area contributed by atoms with Crippen molar-refractivity contribution in [3.63, 3.8) is 0 Å². The predicted octanol–water partition coefficient (Wildman–Crippen LogP) is 2.83. The van der Waals surface area contributed by atoms with E-state index in [2.05, 4.69) is 16.0 Å². The number of anilines is 2. The van der Waals surface area contributed by atoms with Gasteiger partial charge in [0, 0.05) is 18.4 Å². The summed E-state index contributed by atoms with van der Waals surface area (Å²) in [4.78, 5) is 23.0. The smallest absolute Gasteiger partial charge is 0.318 e. The Morgan fingerprint density at radius 1 is 0.905 bits per heavy atom. The molecule has 0 radical (unpaired) electrons. The zero-order chi connectivity index (χ0) is 15.2. The molecule has 0 unspecified atom stereocenters. The maximum absolute atomic E-state index is 13.5. The van der Waals surface area contributed by atoms with Crippen molar-refractivity contribution in [3.8, 4) is 0 Å². The lowest BCUT2D eigenvalue weighted by molar-refractivity contribution is 0.102. The van der Waals surface area contributed by atoms with Crippen LogP contribution in [0.4, 0.5) is 20.6 Å². The SMILES string of the molecule is CNC(=O)Nc1ccc(NC(=O)c2ccccc2F)cc1. The average molecular weight is 287 g/mol. The van der Waals surface area contributed by atoms with Crippen LogP contribution in [0.15, 0.2) is 48.5 Å². The Morgan fingerprint density at radius 3 is 2.05 bits per heavy atom. The second-order valence-corrected chi connectivity index (χ2v) is 4.22. The van der Waals surface area contributed by atoms with E-state index in [1.165, 1.54) is 25.2 Å². The molecular formula is C15H14FN3O2. The second-order valence-electron chi connectivity index (χ2n) is 4.22. The number of rotatable bonds is 3. The van der Waals surface area contributed by atoms with Crippen LogP contribution in [0.1, 0.15) is 10.4 Å². The van der Waals surface area contributed by atoms with E-state index < -0.39 is 11.7 Å². The van der Waals surface area contributed by atoms with Crippen molar-refractivity contribution >= 4 is 23.3 Å². The summed E-state index contributed by atoms with van der Waals surface area (Å²) in [5, 5.41) is 7.60. The first-order chi connectivity index (χ1) is 10.1. The third-order valence-corrected chi connectivity index (χ3v) is 2.75. The van der Waals surface area contributed by atoms with Gasteiger partial charge in [0.25, 0.3) is 5.91 Å². The summed E-state index contributed by atoms with van der Waals surface area (Å²) in [7, 11) is 1.51. The van der Waals surface area contributed by atoms with Crippen molar-refractivity contribution in [1.29, 1.82) is 0 Å². The van der Waals surface area contributed by atoms with Gasteiger partial charge < -0.3 is 16.0 Å². The number of carbonyl (C=O) groups is 2. The number of halogens is 1. The standard InChI is InChI=1S/C15H14FN3O2/c1-17-15(21)19-11-8-6-10(7-9-11)18-14(20)12-4-2-3-5-13(12)16/h2-9H,1H3,(H,18,20)(H2,17,19,21). The zero-order valence-electron chi connectivity index (χ0n) is 11.3. The van der Waals surface area contributed by atoms with Gasteiger partial charge in [-0.2, -0.15) is 0 Å². The van der Waals surface area contributed by atoms with Crippen LogP contribution in [0.25, 0.3) is 0 Å². The third kappa shape index (κ3) is 3.79. The van der Waals surface area contributed by atoms with Gasteiger partial charge in [0.1, 0.15) is 5.82 Å². The van der Waals surface area contributed by atoms with Gasteiger partial charge in [0.15, 0.2) is 0 Å². The molecule has 2 aromatic rings. The lowest BCUT2D eigenvalue weighted by atomic mass is 10.2. The third-order valence-electron chi connectivity index (χ3n) is 2.75. The number of amides is 3. The lowest BCUT2D eigenvalue weighted by Crippen LogP contribution is -2.24. The minimum atomic E-state index is -0.576. The van der Waals surface area contributed by atoms with Crippen LogP contribution in [0, 0.1) is 5.82 Å². The van der Waals surface area contributed by atoms with Gasteiger partial charge in [0.2, 0.25) is 0 Å². The molecule has 0 fully saturated rings. The molecule has 0 saturated heterocycles. The summed E-state index contributed by atoms with van der Waals surface area (Å²) in [5.74, 6) is -1.10. The van der Waals surface area contributed by atoms with E-state index >= 15 is 0 Å². The van der Waals surface area contributed by atoms with Gasteiger partial charge in [-0.05, 0) is 36.4 Å². The molecule has 108 valence electrons. The van der Waals surface area contributed by atoms with Crippen molar-refractivity contribution in [2.45, 2.75) is 0 Å². The molecule has 0 aliphatic heterocycles. The fourth-order valence-electron chi connectivity index (χ4n) is 1.67. The number of hydrogen-bond donors (Lipinski definition) is 3. The highest BCUT2D eigenvalue weighted by atomic mass is 19.1. The molecule has 0 heterocycles. The van der Waals surface area contributed by atoms with Crippen LogP contribution in [-0.2, 0) is 0 Å². The molecule has 0 atom stereocenters. The second kappa shape index (κ2) is 6.51. The van der Waals surface area contributed by atoms with Crippen LogP contribution in [0.2, 0.25) is 0 Å². The maximum Gasteiger partial charge on any atom is 0.318 e. The molecule has 0 saturated carbocycles. The molecule has 0 aliphatic rings. The van der Waals surface area contributed by atoms with E-state index in [9.17, 15) is 14.0 Å². The molecule has 6 heteroatoms. The lowest BCUT2D eigenvalue weighted by Gasteiger charge is -2.08. The fourth-order valence-corrected chi connectivity index (χ4v) is 1.67. The molecular weight excluding hydrogens is 273 g/mol. The van der Waals surface area contributed by atoms with Crippen molar-refractivity contribution in [3.05, 3.63) is 59.9 Å². The van der Waals surface area contributed by atoms with Gasteiger partial charge in [0.05, 0.1) is 5.56 Å². The van der Waals surface area contributed by atoms with E-state index in [1.54, 1.807) is 30.3 Å². The first-order valence-electron chi connectivity index (χ1n) is 6.25. The summed E-state index contributed by atoms with van der Waals surface area (Å²) in [6.07, 6.45) is 0. The first kappa shape index (κ1) is 14.5. The molecule has 0 spiro atoms. The predicted molar refractivity (Wildman–Crippen MR) is 78.9 cm³/mol. The molecule has 0 aromatic heterocycles. The Labute approximate surface area is 121 Å². The van der Waals surface area contributed by atoms with E-state index in [1.807, 2.05) is 0 Å². The highest BCUT2D eigenvalue weighted by Crippen LogP contribution is 2.15. The minimum Gasteiger partial charge on any atom is -0.341 e. The Kier molecular flexibility index (Phi) is 4.50. The highest BCUT2D eigenvalue weighted by Gasteiger charge is 2.10. The molecule has 5 nitrogen and oxygen atoms in total. The fraction of sp³-hybridized carbons (Fsp3) is 0.0667. The van der Waals surface area contributed by atoms with Crippen LogP contribution in [0.5, 0.6) is 0 Å². The monoisotopic (exact) mass is 287 g/mol. The van der Waals surface area contributed by atoms with Crippen LogP contribution in [-0.4, -0.2) is 19.0 Å². The number of nitrogens with one attached hydrogen (secondary N) is 3. The first-order valence-corrected chi connectivity index (χ1v) is 6.25. The van der Waals surface area contributed by atoms with Gasteiger partial charge in [-0.15, -0.1) is 0 Å². The quantitative estimate of drug-likeness (QED) is 0.812. The van der Waals surface area contributed by atoms with Crippen molar-refractivity contribution in [1.82, 2.24) is 5.32 Å². The topological polar surface area (TPSA) is 70.2 Å². The summed E-state index contributed by atoms with van der Waals surface area (Å²) in [5.41, 5.74) is 1.06. The van der Waals surface area contributed by atoms with E-state index in [0.717, 1.165) is 0 Å². The summed E-state index contributed by atoms with van der Waals surface area (Å²) in [6, 6.07) is 11.9. The zero-order valence-corrected chi connectivity index (χ0v) is 11.3. The van der Waals surface area contributed by atoms with E-state index in [-0.39, 0.29) is 11.6 Å². The maximum atomic E-state index is 13.5. The molecule has 2 rings (SSSR count). The van der Waals surface area contributed by atoms with Crippen molar-refractivity contribution < 1.29 is 14.0 Å². The number of benzene rings is 2. The van der Waals surface area contributed by atoms with Gasteiger partial charge in [-0.1, -0.05) is 12.1 Å². The number of urea groups is 1. The molecule has 0 bridgehead atoms. The van der Waals surface area contributed by atoms with Crippen LogP contribution < -0.4 is 16.0 Å². The molecule has 3 N–H and O–H groups in total. The Hall–Kier alpha value is -2.89. The molecule has 0 aliphatic carbocycles. The highest BCUT2D eigenvalue weighted by molar-refractivity contribution is 6.04. The summed E-state index contributed by atoms with van der Waals surface area (Å²) >= 11 is 0. The van der Waals surface area contributed by atoms with Gasteiger partial charge in [-0.3, -0.25) is 4.79 Å². The normalized spacial score (nSPS) is 9.81. The van der Waals surface area contributed by atoms with E-state index in [0.29, 0.717) is 11.4 Å². The Bertz CT molecular complexity index is 656. The Balaban J connectivity index is 2.05. The largest absolute Gasteiger partial charge is 0.341 e. The van der Waals surface area contributed by atoms with Crippen molar-refractivity contribution in [2.24, 2.45) is 0 Å². The van der Waals surface area contributed by atoms with Gasteiger partial charge in [-0.25, -0.2) is 9.18 Å². The van der Waals surface area contributed by atoms with Crippen LogP contribution in [0.3, 0.4) is 0 Å². The van der Waals surface area contributed by atoms with E-state index in [4.69, 9.17) is 0 Å². The van der Waals surface area contributed by atoms with Crippen molar-refractivity contribution in [2.75, 3.05) is 17.7 Å². The molecule has 21 heavy (non-hydrogen) atoms. The number of carbonyl (C=O) groups excluding carboxylic acids is 2. The van der Waals surface area contributed by atoms with Gasteiger partial charge >= 0.3 is 6.03 Å². The molecule has 2 aromatic carbocycles. The summed E-state index contributed by atoms with van der Waals surface area (Å²) < 4.78 is 13.5. The number of hydrogen-bond acceptors (Lipinski definition) is 2. The van der Waals surface area contributed by atoms with Crippen LogP contribution >= 0.6 is 0 Å². The minimum absolute atomic E-state index is 0.0231. The average Bonchev–Trinajstić information content (AvgIpc) is 2.49. The summed E-state index contributed by atoms with van der Waals surface area (Å²) in [6.45, 7) is 0. The molecule has 3 amide bonds.